The molecule has 5 nitrogen and oxygen atoms in total. The number of carbonyl (C=O) groups is 1. The van der Waals surface area contributed by atoms with E-state index < -0.39 is 0 Å². The minimum atomic E-state index is -0.00988. The molecule has 2 atom stereocenters. The van der Waals surface area contributed by atoms with Crippen LogP contribution in [0, 0.1) is 0 Å². The summed E-state index contributed by atoms with van der Waals surface area (Å²) in [5.41, 5.74) is 6.55. The van der Waals surface area contributed by atoms with E-state index in [4.69, 9.17) is 5.73 Å². The second kappa shape index (κ2) is 5.50. The number of H-pyrrole nitrogens is 1. The Hall–Kier alpha value is -1.36. The highest BCUT2D eigenvalue weighted by Gasteiger charge is 2.10. The lowest BCUT2D eigenvalue weighted by molar-refractivity contribution is -0.121. The molecular formula is C10H18N4O. The molecule has 0 bridgehead atoms. The maximum Gasteiger partial charge on any atom is 0.220 e. The average molecular weight is 210 g/mol. The maximum absolute atomic E-state index is 11.5. The van der Waals surface area contributed by atoms with Gasteiger partial charge in [0.15, 0.2) is 0 Å². The van der Waals surface area contributed by atoms with E-state index in [2.05, 4.69) is 15.5 Å². The van der Waals surface area contributed by atoms with Crippen LogP contribution in [0.2, 0.25) is 0 Å². The summed E-state index contributed by atoms with van der Waals surface area (Å²) in [7, 11) is 0. The van der Waals surface area contributed by atoms with E-state index in [-0.39, 0.29) is 18.0 Å². The van der Waals surface area contributed by atoms with Crippen molar-refractivity contribution < 1.29 is 4.79 Å². The molecule has 1 aromatic rings. The fourth-order valence-corrected chi connectivity index (χ4v) is 1.25. The van der Waals surface area contributed by atoms with E-state index in [0.29, 0.717) is 12.8 Å². The van der Waals surface area contributed by atoms with Crippen LogP contribution >= 0.6 is 0 Å². The number of aromatic nitrogens is 2. The SMILES string of the molecule is CC(N)CCC(=O)NC(C)c1cn[nH]c1. The van der Waals surface area contributed by atoms with Crippen molar-refractivity contribution in [2.75, 3.05) is 0 Å². The summed E-state index contributed by atoms with van der Waals surface area (Å²) in [6.07, 6.45) is 4.66. The van der Waals surface area contributed by atoms with E-state index in [1.807, 2.05) is 13.8 Å². The number of hydrogen-bond acceptors (Lipinski definition) is 3. The Balaban J connectivity index is 2.32. The zero-order valence-electron chi connectivity index (χ0n) is 9.16. The van der Waals surface area contributed by atoms with Gasteiger partial charge in [0, 0.05) is 24.2 Å². The molecule has 1 rings (SSSR count). The van der Waals surface area contributed by atoms with Gasteiger partial charge in [-0.25, -0.2) is 0 Å². The Kier molecular flexibility index (Phi) is 4.30. The fraction of sp³-hybridized carbons (Fsp3) is 0.600. The van der Waals surface area contributed by atoms with Gasteiger partial charge in [-0.05, 0) is 20.3 Å². The summed E-state index contributed by atoms with van der Waals surface area (Å²) in [6, 6.07) is 0.0595. The molecule has 0 saturated carbocycles. The molecule has 4 N–H and O–H groups in total. The Labute approximate surface area is 89.4 Å². The smallest absolute Gasteiger partial charge is 0.220 e. The third kappa shape index (κ3) is 4.12. The van der Waals surface area contributed by atoms with Gasteiger partial charge in [-0.1, -0.05) is 0 Å². The first kappa shape index (κ1) is 11.7. The Morgan fingerprint density at radius 1 is 1.67 bits per heavy atom. The molecule has 1 heterocycles. The largest absolute Gasteiger partial charge is 0.349 e. The minimum absolute atomic E-state index is 0.00988. The minimum Gasteiger partial charge on any atom is -0.349 e. The zero-order valence-corrected chi connectivity index (χ0v) is 9.16. The van der Waals surface area contributed by atoms with Gasteiger partial charge in [0.25, 0.3) is 0 Å². The van der Waals surface area contributed by atoms with Gasteiger partial charge in [-0.2, -0.15) is 5.10 Å². The molecule has 2 unspecified atom stereocenters. The molecule has 0 aromatic carbocycles. The lowest BCUT2D eigenvalue weighted by Gasteiger charge is -2.12. The lowest BCUT2D eigenvalue weighted by Crippen LogP contribution is -2.28. The summed E-state index contributed by atoms with van der Waals surface area (Å²) in [6.45, 7) is 3.82. The first-order chi connectivity index (χ1) is 7.09. The van der Waals surface area contributed by atoms with Crippen molar-refractivity contribution in [1.29, 1.82) is 0 Å². The second-order valence-corrected chi connectivity index (χ2v) is 3.84. The molecule has 0 fully saturated rings. The number of amides is 1. The van der Waals surface area contributed by atoms with Crippen molar-refractivity contribution in [3.63, 3.8) is 0 Å². The highest BCUT2D eigenvalue weighted by atomic mass is 16.1. The summed E-state index contributed by atoms with van der Waals surface area (Å²) in [4.78, 5) is 11.5. The molecule has 0 spiro atoms. The monoisotopic (exact) mass is 210 g/mol. The number of aromatic amines is 1. The average Bonchev–Trinajstić information content (AvgIpc) is 2.67. The van der Waals surface area contributed by atoms with E-state index >= 15 is 0 Å². The van der Waals surface area contributed by atoms with Gasteiger partial charge in [0.05, 0.1) is 12.2 Å². The fourth-order valence-electron chi connectivity index (χ4n) is 1.25. The van der Waals surface area contributed by atoms with Crippen molar-refractivity contribution >= 4 is 5.91 Å². The predicted octanol–water partition coefficient (Wildman–Crippen LogP) is 0.714. The predicted molar refractivity (Wildman–Crippen MR) is 58.0 cm³/mol. The summed E-state index contributed by atoms with van der Waals surface area (Å²) in [5.74, 6) is 0.0287. The van der Waals surface area contributed by atoms with Gasteiger partial charge >= 0.3 is 0 Å². The van der Waals surface area contributed by atoms with Crippen LogP contribution in [-0.4, -0.2) is 22.1 Å². The Bertz CT molecular complexity index is 294. The van der Waals surface area contributed by atoms with Crippen molar-refractivity contribution in [3.8, 4) is 0 Å². The quantitative estimate of drug-likeness (QED) is 0.669. The van der Waals surface area contributed by atoms with Crippen molar-refractivity contribution in [2.45, 2.75) is 38.8 Å². The van der Waals surface area contributed by atoms with Gasteiger partial charge in [-0.15, -0.1) is 0 Å². The standard InChI is InChI=1S/C10H18N4O/c1-7(11)3-4-10(15)14-8(2)9-5-12-13-6-9/h5-8H,3-4,11H2,1-2H3,(H,12,13)(H,14,15). The third-order valence-corrected chi connectivity index (χ3v) is 2.22. The number of nitrogens with two attached hydrogens (primary N) is 1. The Morgan fingerprint density at radius 2 is 2.40 bits per heavy atom. The van der Waals surface area contributed by atoms with Crippen LogP contribution < -0.4 is 11.1 Å². The van der Waals surface area contributed by atoms with E-state index in [1.165, 1.54) is 0 Å². The molecule has 15 heavy (non-hydrogen) atoms. The lowest BCUT2D eigenvalue weighted by atomic mass is 10.1. The van der Waals surface area contributed by atoms with Crippen LogP contribution in [0.15, 0.2) is 12.4 Å². The van der Waals surface area contributed by atoms with Crippen molar-refractivity contribution in [2.24, 2.45) is 5.73 Å². The first-order valence-electron chi connectivity index (χ1n) is 5.13. The van der Waals surface area contributed by atoms with Crippen LogP contribution in [0.3, 0.4) is 0 Å². The topological polar surface area (TPSA) is 83.8 Å². The van der Waals surface area contributed by atoms with E-state index in [0.717, 1.165) is 5.56 Å². The highest BCUT2D eigenvalue weighted by molar-refractivity contribution is 5.76. The molecule has 0 aliphatic rings. The third-order valence-electron chi connectivity index (χ3n) is 2.22. The molecule has 0 aliphatic heterocycles. The number of nitrogens with one attached hydrogen (secondary N) is 2. The van der Waals surface area contributed by atoms with Crippen molar-refractivity contribution in [1.82, 2.24) is 15.5 Å². The molecule has 1 amide bonds. The molecule has 0 radical (unpaired) electrons. The molecule has 1 aromatic heterocycles. The number of hydrogen-bond donors (Lipinski definition) is 3. The van der Waals surface area contributed by atoms with Gasteiger partial charge in [0.2, 0.25) is 5.91 Å². The molecule has 5 heteroatoms. The van der Waals surface area contributed by atoms with Gasteiger partial charge < -0.3 is 11.1 Å². The van der Waals surface area contributed by atoms with Crippen LogP contribution in [0.4, 0.5) is 0 Å². The summed E-state index contributed by atoms with van der Waals surface area (Å²) >= 11 is 0. The van der Waals surface area contributed by atoms with Crippen LogP contribution in [-0.2, 0) is 4.79 Å². The van der Waals surface area contributed by atoms with Gasteiger partial charge in [0.1, 0.15) is 0 Å². The Morgan fingerprint density at radius 3 is 2.93 bits per heavy atom. The highest BCUT2D eigenvalue weighted by Crippen LogP contribution is 2.09. The number of carbonyl (C=O) groups excluding carboxylic acids is 1. The summed E-state index contributed by atoms with van der Waals surface area (Å²) < 4.78 is 0. The van der Waals surface area contributed by atoms with Gasteiger partial charge in [-0.3, -0.25) is 9.89 Å². The first-order valence-corrected chi connectivity index (χ1v) is 5.13. The normalized spacial score (nSPS) is 14.6. The molecule has 84 valence electrons. The second-order valence-electron chi connectivity index (χ2n) is 3.84. The zero-order chi connectivity index (χ0) is 11.3. The van der Waals surface area contributed by atoms with E-state index in [1.54, 1.807) is 12.4 Å². The molecular weight excluding hydrogens is 192 g/mol. The van der Waals surface area contributed by atoms with Crippen LogP contribution in [0.1, 0.15) is 38.3 Å². The van der Waals surface area contributed by atoms with Crippen molar-refractivity contribution in [3.05, 3.63) is 18.0 Å². The number of rotatable bonds is 5. The number of nitrogens with zero attached hydrogens (tertiary/aromatic N) is 1. The summed E-state index contributed by atoms with van der Waals surface area (Å²) in [5, 5.41) is 9.42. The van der Waals surface area contributed by atoms with E-state index in [9.17, 15) is 4.79 Å². The van der Waals surface area contributed by atoms with Crippen LogP contribution in [0.25, 0.3) is 0 Å². The van der Waals surface area contributed by atoms with Crippen LogP contribution in [0.5, 0.6) is 0 Å². The maximum atomic E-state index is 11.5. The molecule has 0 aliphatic carbocycles. The molecule has 0 saturated heterocycles.